The number of methoxy groups -OCH3 is 1. The number of aromatic nitrogens is 2. The largest absolute Gasteiger partial charge is 0.497 e. The van der Waals surface area contributed by atoms with Crippen molar-refractivity contribution in [2.24, 2.45) is 0 Å². The second-order valence-corrected chi connectivity index (χ2v) is 7.77. The molecule has 4 aromatic rings. The molecule has 8 heteroatoms. The Labute approximate surface area is 162 Å². The summed E-state index contributed by atoms with van der Waals surface area (Å²) in [5, 5.41) is 11.9. The second-order valence-electron chi connectivity index (χ2n) is 5.27. The van der Waals surface area contributed by atoms with Crippen LogP contribution < -0.4 is 10.1 Å². The summed E-state index contributed by atoms with van der Waals surface area (Å²) in [5.74, 6) is 0.542. The minimum atomic E-state index is -0.252. The first-order chi connectivity index (χ1) is 12.7. The Morgan fingerprint density at radius 1 is 1.00 bits per heavy atom. The Bertz CT molecular complexity index is 1020. The van der Waals surface area contributed by atoms with E-state index in [2.05, 4.69) is 15.3 Å². The van der Waals surface area contributed by atoms with Gasteiger partial charge in [-0.05, 0) is 35.7 Å². The lowest BCUT2D eigenvalue weighted by molar-refractivity contribution is 0.102. The smallest absolute Gasteiger partial charge is 0.276 e. The van der Waals surface area contributed by atoms with Gasteiger partial charge in [0.25, 0.3) is 5.91 Å². The Morgan fingerprint density at radius 3 is 2.58 bits per heavy atom. The van der Waals surface area contributed by atoms with E-state index in [0.29, 0.717) is 10.8 Å². The molecular weight excluding hydrogens is 386 g/mol. The van der Waals surface area contributed by atoms with Gasteiger partial charge in [0, 0.05) is 27.3 Å². The number of nitrogens with zero attached hydrogens (tertiary/aromatic N) is 2. The predicted octanol–water partition coefficient (Wildman–Crippen LogP) is 5.26. The molecule has 3 heterocycles. The first kappa shape index (κ1) is 16.9. The van der Waals surface area contributed by atoms with Gasteiger partial charge in [0.15, 0.2) is 5.13 Å². The number of thiophene rings is 1. The molecule has 0 bridgehead atoms. The van der Waals surface area contributed by atoms with E-state index in [1.807, 2.05) is 46.5 Å². The average molecular weight is 400 g/mol. The van der Waals surface area contributed by atoms with Gasteiger partial charge in [-0.1, -0.05) is 0 Å². The summed E-state index contributed by atoms with van der Waals surface area (Å²) in [6.45, 7) is 0. The van der Waals surface area contributed by atoms with Gasteiger partial charge in [0.2, 0.25) is 0 Å². The maximum atomic E-state index is 12.4. The van der Waals surface area contributed by atoms with Crippen LogP contribution in [0.1, 0.15) is 10.5 Å². The number of hydrogen-bond donors (Lipinski definition) is 1. The normalized spacial score (nSPS) is 10.7. The molecule has 130 valence electrons. The molecule has 0 saturated carbocycles. The van der Waals surface area contributed by atoms with Crippen LogP contribution in [0.15, 0.2) is 51.9 Å². The highest BCUT2D eigenvalue weighted by Crippen LogP contribution is 2.28. The molecular formula is C18H13N3O2S3. The van der Waals surface area contributed by atoms with Crippen molar-refractivity contribution in [2.45, 2.75) is 0 Å². The highest BCUT2D eigenvalue weighted by Gasteiger charge is 2.14. The van der Waals surface area contributed by atoms with E-state index in [-0.39, 0.29) is 5.91 Å². The number of hydrogen-bond acceptors (Lipinski definition) is 7. The molecule has 0 atom stereocenters. The molecule has 0 aliphatic heterocycles. The minimum absolute atomic E-state index is 0.252. The van der Waals surface area contributed by atoms with Crippen molar-refractivity contribution in [1.82, 2.24) is 9.97 Å². The number of anilines is 1. The average Bonchev–Trinajstić information content (AvgIpc) is 3.41. The van der Waals surface area contributed by atoms with E-state index in [0.717, 1.165) is 27.6 Å². The lowest BCUT2D eigenvalue weighted by Gasteiger charge is -2.01. The maximum Gasteiger partial charge on any atom is 0.276 e. The quantitative estimate of drug-likeness (QED) is 0.497. The topological polar surface area (TPSA) is 64.1 Å². The summed E-state index contributed by atoms with van der Waals surface area (Å²) in [5.41, 5.74) is 3.22. The van der Waals surface area contributed by atoms with Crippen molar-refractivity contribution in [2.75, 3.05) is 12.4 Å². The molecule has 0 saturated heterocycles. The molecule has 0 unspecified atom stereocenters. The monoisotopic (exact) mass is 399 g/mol. The van der Waals surface area contributed by atoms with Crippen molar-refractivity contribution in [1.29, 1.82) is 0 Å². The van der Waals surface area contributed by atoms with Crippen molar-refractivity contribution in [3.05, 3.63) is 57.5 Å². The molecule has 1 aromatic carbocycles. The van der Waals surface area contributed by atoms with Gasteiger partial charge in [-0.25, -0.2) is 9.97 Å². The van der Waals surface area contributed by atoms with Gasteiger partial charge in [-0.2, -0.15) is 11.3 Å². The van der Waals surface area contributed by atoms with Crippen molar-refractivity contribution >= 4 is 45.0 Å². The predicted molar refractivity (Wildman–Crippen MR) is 107 cm³/mol. The highest BCUT2D eigenvalue weighted by atomic mass is 32.1. The minimum Gasteiger partial charge on any atom is -0.497 e. The molecule has 0 radical (unpaired) electrons. The van der Waals surface area contributed by atoms with E-state index in [9.17, 15) is 4.79 Å². The fraction of sp³-hybridized carbons (Fsp3) is 0.0556. The van der Waals surface area contributed by atoms with Gasteiger partial charge >= 0.3 is 0 Å². The van der Waals surface area contributed by atoms with Gasteiger partial charge in [0.05, 0.1) is 12.8 Å². The zero-order chi connectivity index (χ0) is 17.9. The van der Waals surface area contributed by atoms with E-state index in [4.69, 9.17) is 4.74 Å². The fourth-order valence-electron chi connectivity index (χ4n) is 2.28. The van der Waals surface area contributed by atoms with Crippen LogP contribution in [0.2, 0.25) is 0 Å². The molecule has 4 rings (SSSR count). The number of amides is 1. The summed E-state index contributed by atoms with van der Waals surface area (Å²) in [6, 6.07) is 9.63. The Hall–Kier alpha value is -2.55. The van der Waals surface area contributed by atoms with E-state index in [1.54, 1.807) is 23.8 Å². The number of nitrogens with one attached hydrogen (secondary N) is 1. The van der Waals surface area contributed by atoms with Crippen LogP contribution in [-0.4, -0.2) is 23.0 Å². The second kappa shape index (κ2) is 7.36. The van der Waals surface area contributed by atoms with Gasteiger partial charge in [-0.15, -0.1) is 22.7 Å². The van der Waals surface area contributed by atoms with Crippen molar-refractivity contribution < 1.29 is 9.53 Å². The summed E-state index contributed by atoms with van der Waals surface area (Å²) in [6.07, 6.45) is 0. The molecule has 1 amide bonds. The van der Waals surface area contributed by atoms with Crippen molar-refractivity contribution in [3.8, 4) is 27.6 Å². The van der Waals surface area contributed by atoms with Gasteiger partial charge in [-0.3, -0.25) is 10.1 Å². The van der Waals surface area contributed by atoms with Crippen molar-refractivity contribution in [3.63, 3.8) is 0 Å². The standard InChI is InChI=1S/C18H13N3O2S3/c1-23-13-4-2-11(3-5-13)14-9-26-18(20-14)21-16(22)15-10-25-17(19-15)12-6-7-24-8-12/h2-10H,1H3,(H,20,21,22). The Morgan fingerprint density at radius 2 is 1.85 bits per heavy atom. The molecule has 0 aliphatic carbocycles. The summed E-state index contributed by atoms with van der Waals surface area (Å²) in [4.78, 5) is 21.3. The highest BCUT2D eigenvalue weighted by molar-refractivity contribution is 7.14. The number of benzene rings is 1. The van der Waals surface area contributed by atoms with E-state index in [1.165, 1.54) is 22.7 Å². The molecule has 1 N–H and O–H groups in total. The molecule has 5 nitrogen and oxygen atoms in total. The fourth-order valence-corrected chi connectivity index (χ4v) is 4.51. The lowest BCUT2D eigenvalue weighted by atomic mass is 10.2. The third-order valence-electron chi connectivity index (χ3n) is 3.62. The van der Waals surface area contributed by atoms with Gasteiger partial charge < -0.3 is 4.74 Å². The SMILES string of the molecule is COc1ccc(-c2csc(NC(=O)c3csc(-c4ccsc4)n3)n2)cc1. The van der Waals surface area contributed by atoms with Crippen LogP contribution in [0.5, 0.6) is 5.75 Å². The number of carbonyl (C=O) groups excluding carboxylic acids is 1. The molecule has 26 heavy (non-hydrogen) atoms. The Kier molecular flexibility index (Phi) is 4.79. The number of carbonyl (C=O) groups is 1. The van der Waals surface area contributed by atoms with Crippen LogP contribution >= 0.6 is 34.0 Å². The van der Waals surface area contributed by atoms with Crippen LogP contribution in [0, 0.1) is 0 Å². The van der Waals surface area contributed by atoms with E-state index < -0.39 is 0 Å². The van der Waals surface area contributed by atoms with E-state index >= 15 is 0 Å². The first-order valence-corrected chi connectivity index (χ1v) is 10.3. The zero-order valence-corrected chi connectivity index (χ0v) is 16.1. The summed E-state index contributed by atoms with van der Waals surface area (Å²) >= 11 is 4.45. The number of thiazole rings is 2. The third kappa shape index (κ3) is 3.52. The number of ether oxygens (including phenoxy) is 1. The van der Waals surface area contributed by atoms with Crippen LogP contribution in [0.25, 0.3) is 21.8 Å². The Balaban J connectivity index is 1.47. The first-order valence-electron chi connectivity index (χ1n) is 7.62. The summed E-state index contributed by atoms with van der Waals surface area (Å²) < 4.78 is 5.16. The number of rotatable bonds is 5. The lowest BCUT2D eigenvalue weighted by Crippen LogP contribution is -2.12. The maximum absolute atomic E-state index is 12.4. The molecule has 0 fully saturated rings. The van der Waals surface area contributed by atoms with Crippen LogP contribution in [0.3, 0.4) is 0 Å². The van der Waals surface area contributed by atoms with Crippen LogP contribution in [-0.2, 0) is 0 Å². The third-order valence-corrected chi connectivity index (χ3v) is 5.95. The molecule has 3 aromatic heterocycles. The van der Waals surface area contributed by atoms with Crippen LogP contribution in [0.4, 0.5) is 5.13 Å². The molecule has 0 aliphatic rings. The molecule has 0 spiro atoms. The summed E-state index contributed by atoms with van der Waals surface area (Å²) in [7, 11) is 1.63. The van der Waals surface area contributed by atoms with Gasteiger partial charge in [0.1, 0.15) is 16.5 Å². The zero-order valence-electron chi connectivity index (χ0n) is 13.6.